The van der Waals surface area contributed by atoms with E-state index < -0.39 is 0 Å². The predicted octanol–water partition coefficient (Wildman–Crippen LogP) is 6.32. The highest BCUT2D eigenvalue weighted by molar-refractivity contribution is 6.34. The first kappa shape index (κ1) is 27.3. The van der Waals surface area contributed by atoms with Crippen molar-refractivity contribution in [3.8, 4) is 5.69 Å². The number of carbonyl (C=O) groups is 2. The van der Waals surface area contributed by atoms with E-state index in [1.54, 1.807) is 0 Å². The summed E-state index contributed by atoms with van der Waals surface area (Å²) in [5, 5.41) is 3.48. The van der Waals surface area contributed by atoms with E-state index in [2.05, 4.69) is 51.2 Å². The quantitative estimate of drug-likeness (QED) is 0.483. The van der Waals surface area contributed by atoms with Gasteiger partial charge in [0.25, 0.3) is 11.8 Å². The maximum atomic E-state index is 14.1. The van der Waals surface area contributed by atoms with Crippen LogP contribution in [0.2, 0.25) is 5.15 Å². The number of ether oxygens (including phenoxy) is 1. The first-order valence-electron chi connectivity index (χ1n) is 14.2. The van der Waals surface area contributed by atoms with Gasteiger partial charge in [-0.05, 0) is 91.5 Å². The molecule has 3 fully saturated rings. The number of aromatic nitrogens is 1. The van der Waals surface area contributed by atoms with Gasteiger partial charge in [-0.1, -0.05) is 45.4 Å². The molecule has 7 heteroatoms. The van der Waals surface area contributed by atoms with E-state index in [0.29, 0.717) is 35.2 Å². The Balaban J connectivity index is 1.66. The predicted molar refractivity (Wildman–Crippen MR) is 152 cm³/mol. The van der Waals surface area contributed by atoms with Crippen LogP contribution >= 0.6 is 11.6 Å². The molecular formula is C31H42ClN3O3. The van der Waals surface area contributed by atoms with E-state index in [0.717, 1.165) is 63.7 Å². The highest BCUT2D eigenvalue weighted by Gasteiger charge is 2.40. The average molecular weight is 540 g/mol. The van der Waals surface area contributed by atoms with Gasteiger partial charge in [-0.15, -0.1) is 0 Å². The lowest BCUT2D eigenvalue weighted by Crippen LogP contribution is -2.39. The molecule has 6 nitrogen and oxygen atoms in total. The smallest absolute Gasteiger partial charge is 0.271 e. The summed E-state index contributed by atoms with van der Waals surface area (Å²) < 4.78 is 7.32. The summed E-state index contributed by atoms with van der Waals surface area (Å²) in [7, 11) is 0. The van der Waals surface area contributed by atoms with Gasteiger partial charge in [0.2, 0.25) is 0 Å². The molecule has 2 aromatic rings. The highest BCUT2D eigenvalue weighted by atomic mass is 35.5. The topological polar surface area (TPSA) is 63.6 Å². The number of carbonyl (C=O) groups excluding carboxylic acids is 2. The third-order valence-corrected chi connectivity index (χ3v) is 9.08. The number of halogens is 1. The molecule has 0 radical (unpaired) electrons. The number of hydrogen-bond acceptors (Lipinski definition) is 3. The molecule has 1 N–H and O–H groups in total. The molecule has 0 unspecified atom stereocenters. The van der Waals surface area contributed by atoms with Gasteiger partial charge in [-0.2, -0.15) is 0 Å². The van der Waals surface area contributed by atoms with Crippen LogP contribution in [0.3, 0.4) is 0 Å². The average Bonchev–Trinajstić information content (AvgIpc) is 3.59. The molecule has 3 aliphatic rings. The Morgan fingerprint density at radius 2 is 1.71 bits per heavy atom. The van der Waals surface area contributed by atoms with Crippen molar-refractivity contribution in [1.82, 2.24) is 14.8 Å². The molecular weight excluding hydrogens is 498 g/mol. The van der Waals surface area contributed by atoms with E-state index in [-0.39, 0.29) is 28.7 Å². The first-order valence-corrected chi connectivity index (χ1v) is 14.6. The van der Waals surface area contributed by atoms with E-state index >= 15 is 0 Å². The zero-order chi connectivity index (χ0) is 27.2. The van der Waals surface area contributed by atoms with Crippen molar-refractivity contribution in [1.29, 1.82) is 0 Å². The first-order chi connectivity index (χ1) is 18.0. The second-order valence-electron chi connectivity index (χ2n) is 12.8. The Kier molecular flexibility index (Phi) is 7.42. The van der Waals surface area contributed by atoms with Crippen LogP contribution in [0.5, 0.6) is 0 Å². The lowest BCUT2D eigenvalue weighted by Gasteiger charge is -2.28. The number of rotatable bonds is 5. The summed E-state index contributed by atoms with van der Waals surface area (Å²) in [6.07, 6.45) is 6.99. The van der Waals surface area contributed by atoms with Crippen LogP contribution in [0.1, 0.15) is 110 Å². The maximum Gasteiger partial charge on any atom is 0.271 e. The molecule has 2 saturated heterocycles. The van der Waals surface area contributed by atoms with Gasteiger partial charge in [-0.25, -0.2) is 0 Å². The summed E-state index contributed by atoms with van der Waals surface area (Å²) in [6, 6.07) is 6.68. The second kappa shape index (κ2) is 10.3. The Hall–Kier alpha value is -2.31. The Labute approximate surface area is 232 Å². The molecule has 3 heterocycles. The van der Waals surface area contributed by atoms with E-state index in [1.165, 1.54) is 11.1 Å². The SMILES string of the molecule is Cc1c(C(=O)NC2CCOCC2)c(Cl)n(-c2cc(C(C)(C)C)cc(C3(C)CC3)c2)c1C(=O)N1CCCCC1. The molecule has 2 aliphatic heterocycles. The summed E-state index contributed by atoms with van der Waals surface area (Å²) in [4.78, 5) is 29.6. The fraction of sp³-hybridized carbons (Fsp3) is 0.613. The molecule has 0 bridgehead atoms. The summed E-state index contributed by atoms with van der Waals surface area (Å²) in [5.74, 6) is -0.262. The van der Waals surface area contributed by atoms with Gasteiger partial charge in [0.15, 0.2) is 0 Å². The molecule has 1 aromatic heterocycles. The van der Waals surface area contributed by atoms with Crippen molar-refractivity contribution < 1.29 is 14.3 Å². The van der Waals surface area contributed by atoms with E-state index in [4.69, 9.17) is 16.3 Å². The van der Waals surface area contributed by atoms with Crippen molar-refractivity contribution in [2.75, 3.05) is 26.3 Å². The number of benzene rings is 1. The van der Waals surface area contributed by atoms with Crippen molar-refractivity contribution in [2.45, 2.75) is 96.4 Å². The normalized spacial score (nSPS) is 19.9. The standard InChI is InChI=1S/C31H42ClN3O3/c1-20-25(28(36)33-23-9-15-38-16-10-23)27(32)35(26(20)29(37)34-13-7-6-8-14-34)24-18-21(30(2,3)4)17-22(19-24)31(5)11-12-31/h17-19,23H,6-16H2,1-5H3,(H,33,36). The van der Waals surface area contributed by atoms with Gasteiger partial charge in [0.1, 0.15) is 10.8 Å². The highest BCUT2D eigenvalue weighted by Crippen LogP contribution is 2.49. The monoisotopic (exact) mass is 539 g/mol. The number of nitrogens with one attached hydrogen (secondary N) is 1. The lowest BCUT2D eigenvalue weighted by molar-refractivity contribution is 0.0695. The van der Waals surface area contributed by atoms with Gasteiger partial charge >= 0.3 is 0 Å². The van der Waals surface area contributed by atoms with Crippen LogP contribution in [0.15, 0.2) is 18.2 Å². The molecule has 5 rings (SSSR count). The molecule has 0 spiro atoms. The lowest BCUT2D eigenvalue weighted by atomic mass is 9.83. The minimum Gasteiger partial charge on any atom is -0.381 e. The zero-order valence-electron chi connectivity index (χ0n) is 23.6. The Morgan fingerprint density at radius 3 is 2.32 bits per heavy atom. The minimum atomic E-state index is -0.216. The molecule has 1 saturated carbocycles. The second-order valence-corrected chi connectivity index (χ2v) is 13.1. The van der Waals surface area contributed by atoms with Crippen molar-refractivity contribution in [3.05, 3.63) is 51.3 Å². The van der Waals surface area contributed by atoms with Crippen LogP contribution in [0.4, 0.5) is 0 Å². The summed E-state index contributed by atoms with van der Waals surface area (Å²) in [6.45, 7) is 13.5. The number of nitrogens with zero attached hydrogens (tertiary/aromatic N) is 2. The van der Waals surface area contributed by atoms with Crippen LogP contribution in [-0.2, 0) is 15.6 Å². The van der Waals surface area contributed by atoms with E-state index in [1.807, 2.05) is 16.4 Å². The molecule has 0 atom stereocenters. The number of amides is 2. The fourth-order valence-electron chi connectivity index (χ4n) is 5.76. The van der Waals surface area contributed by atoms with Crippen LogP contribution in [-0.4, -0.2) is 53.6 Å². The minimum absolute atomic E-state index is 0.0435. The van der Waals surface area contributed by atoms with Crippen molar-refractivity contribution in [3.63, 3.8) is 0 Å². The largest absolute Gasteiger partial charge is 0.381 e. The zero-order valence-corrected chi connectivity index (χ0v) is 24.3. The molecule has 2 amide bonds. The Morgan fingerprint density at radius 1 is 1.05 bits per heavy atom. The van der Waals surface area contributed by atoms with Gasteiger partial charge < -0.3 is 15.0 Å². The third-order valence-electron chi connectivity index (χ3n) is 8.72. The van der Waals surface area contributed by atoms with Crippen molar-refractivity contribution >= 4 is 23.4 Å². The van der Waals surface area contributed by atoms with Gasteiger partial charge in [-0.3, -0.25) is 14.2 Å². The fourth-order valence-corrected chi connectivity index (χ4v) is 6.17. The number of hydrogen-bond donors (Lipinski definition) is 1. The molecule has 206 valence electrons. The molecule has 1 aromatic carbocycles. The molecule has 1 aliphatic carbocycles. The Bertz CT molecular complexity index is 1200. The van der Waals surface area contributed by atoms with Gasteiger partial charge in [0, 0.05) is 38.0 Å². The number of piperidine rings is 1. The summed E-state index contributed by atoms with van der Waals surface area (Å²) in [5.41, 5.74) is 4.95. The van der Waals surface area contributed by atoms with Crippen molar-refractivity contribution in [2.24, 2.45) is 0 Å². The molecule has 38 heavy (non-hydrogen) atoms. The van der Waals surface area contributed by atoms with Crippen LogP contribution < -0.4 is 5.32 Å². The van der Waals surface area contributed by atoms with E-state index in [9.17, 15) is 9.59 Å². The third kappa shape index (κ3) is 5.27. The number of likely N-dealkylation sites (tertiary alicyclic amines) is 1. The van der Waals surface area contributed by atoms with Gasteiger partial charge in [0.05, 0.1) is 5.56 Å². The van der Waals surface area contributed by atoms with Crippen LogP contribution in [0.25, 0.3) is 5.69 Å². The van der Waals surface area contributed by atoms with Crippen LogP contribution in [0, 0.1) is 6.92 Å². The maximum absolute atomic E-state index is 14.1. The summed E-state index contributed by atoms with van der Waals surface area (Å²) >= 11 is 7.12.